The van der Waals surface area contributed by atoms with Crippen LogP contribution in [0.2, 0.25) is 0 Å². The fraction of sp³-hybridized carbons (Fsp3) is 0.533. The number of thiocarbonyl (C=S) groups is 1. The molecule has 1 aromatic rings. The van der Waals surface area contributed by atoms with E-state index >= 15 is 0 Å². The summed E-state index contributed by atoms with van der Waals surface area (Å²) in [6, 6.07) is 2.09. The molecule has 2 heterocycles. The van der Waals surface area contributed by atoms with Crippen molar-refractivity contribution in [1.82, 2.24) is 4.98 Å². The number of primary amides is 1. The normalized spacial score (nSPS) is 21.1. The number of carbonyl (C=O) groups is 1. The van der Waals surface area contributed by atoms with E-state index in [-0.39, 0.29) is 11.8 Å². The molecule has 1 unspecified atom stereocenters. The number of pyridine rings is 1. The van der Waals surface area contributed by atoms with Crippen LogP contribution < -0.4 is 16.4 Å². The molecule has 1 aromatic heterocycles. The third-order valence-corrected chi connectivity index (χ3v) is 4.66. The van der Waals surface area contributed by atoms with Gasteiger partial charge in [-0.25, -0.2) is 4.98 Å². The minimum atomic E-state index is -0.243. The summed E-state index contributed by atoms with van der Waals surface area (Å²) in [4.78, 5) is 18.6. The van der Waals surface area contributed by atoms with E-state index < -0.39 is 0 Å². The van der Waals surface area contributed by atoms with Crippen LogP contribution >= 0.6 is 12.2 Å². The highest BCUT2D eigenvalue weighted by atomic mass is 32.1. The number of nitrogens with two attached hydrogens (primary N) is 2. The second-order valence-corrected chi connectivity index (χ2v) is 6.31. The van der Waals surface area contributed by atoms with Crippen molar-refractivity contribution >= 4 is 28.9 Å². The van der Waals surface area contributed by atoms with Gasteiger partial charge in [0.05, 0.1) is 11.5 Å². The van der Waals surface area contributed by atoms with Crippen molar-refractivity contribution in [3.63, 3.8) is 0 Å². The molecular weight excluding hydrogens is 284 g/mol. The van der Waals surface area contributed by atoms with Gasteiger partial charge in [0.2, 0.25) is 5.91 Å². The van der Waals surface area contributed by atoms with Crippen LogP contribution in [-0.4, -0.2) is 29.0 Å². The molecule has 1 aliphatic heterocycles. The van der Waals surface area contributed by atoms with Gasteiger partial charge in [0.25, 0.3) is 0 Å². The van der Waals surface area contributed by atoms with Crippen LogP contribution in [0.15, 0.2) is 6.07 Å². The largest absolute Gasteiger partial charge is 0.389 e. The molecule has 3 rings (SSSR count). The first-order valence-corrected chi connectivity index (χ1v) is 7.84. The van der Waals surface area contributed by atoms with Gasteiger partial charge in [0.15, 0.2) is 0 Å². The zero-order valence-electron chi connectivity index (χ0n) is 12.0. The number of amides is 1. The van der Waals surface area contributed by atoms with Crippen molar-refractivity contribution in [2.24, 2.45) is 17.4 Å². The summed E-state index contributed by atoms with van der Waals surface area (Å²) >= 11 is 5.19. The van der Waals surface area contributed by atoms with Gasteiger partial charge >= 0.3 is 0 Å². The minimum absolute atomic E-state index is 0.109. The van der Waals surface area contributed by atoms with Crippen molar-refractivity contribution in [2.45, 2.75) is 32.1 Å². The lowest BCUT2D eigenvalue weighted by atomic mass is 9.94. The highest BCUT2D eigenvalue weighted by molar-refractivity contribution is 7.80. The minimum Gasteiger partial charge on any atom is -0.389 e. The lowest BCUT2D eigenvalue weighted by Crippen LogP contribution is -2.30. The highest BCUT2D eigenvalue weighted by Gasteiger charge is 2.30. The molecule has 1 amide bonds. The lowest BCUT2D eigenvalue weighted by molar-refractivity contribution is -0.121. The number of rotatable bonds is 3. The number of hydrogen-bond acceptors (Lipinski definition) is 4. The predicted molar refractivity (Wildman–Crippen MR) is 86.3 cm³/mol. The molecule has 112 valence electrons. The molecule has 1 saturated heterocycles. The maximum absolute atomic E-state index is 11.4. The molecule has 2 aliphatic rings. The van der Waals surface area contributed by atoms with E-state index in [1.807, 2.05) is 0 Å². The average molecular weight is 304 g/mol. The van der Waals surface area contributed by atoms with Crippen LogP contribution in [-0.2, 0) is 17.6 Å². The first-order valence-electron chi connectivity index (χ1n) is 7.43. The number of fused-ring (bicyclic) bond motifs is 1. The van der Waals surface area contributed by atoms with Gasteiger partial charge in [-0.3, -0.25) is 4.79 Å². The van der Waals surface area contributed by atoms with Crippen molar-refractivity contribution < 1.29 is 4.79 Å². The second-order valence-electron chi connectivity index (χ2n) is 5.87. The molecule has 4 N–H and O–H groups in total. The number of nitrogens with zero attached hydrogens (tertiary/aromatic N) is 2. The van der Waals surface area contributed by atoms with Crippen molar-refractivity contribution in [2.75, 3.05) is 18.0 Å². The van der Waals surface area contributed by atoms with E-state index in [0.29, 0.717) is 11.5 Å². The quantitative estimate of drug-likeness (QED) is 0.811. The summed E-state index contributed by atoms with van der Waals surface area (Å²) in [5.41, 5.74) is 14.5. The van der Waals surface area contributed by atoms with Crippen LogP contribution in [0.1, 0.15) is 36.1 Å². The topological polar surface area (TPSA) is 85.2 Å². The van der Waals surface area contributed by atoms with Crippen LogP contribution in [0.3, 0.4) is 0 Å². The Morgan fingerprint density at radius 2 is 2.10 bits per heavy atom. The second kappa shape index (κ2) is 5.60. The SMILES string of the molecule is NC(=O)C1CCN(c2nc3c(cc2C(N)=S)CCCC3)C1. The fourth-order valence-electron chi connectivity index (χ4n) is 3.23. The van der Waals surface area contributed by atoms with Gasteiger partial charge in [0, 0.05) is 18.8 Å². The smallest absolute Gasteiger partial charge is 0.222 e. The number of aryl methyl sites for hydroxylation is 2. The Morgan fingerprint density at radius 1 is 1.33 bits per heavy atom. The summed E-state index contributed by atoms with van der Waals surface area (Å²) in [6.07, 6.45) is 5.19. The Morgan fingerprint density at radius 3 is 2.76 bits per heavy atom. The Hall–Kier alpha value is -1.69. The first-order chi connectivity index (χ1) is 10.1. The van der Waals surface area contributed by atoms with Crippen molar-refractivity contribution in [1.29, 1.82) is 0 Å². The third-order valence-electron chi connectivity index (χ3n) is 4.44. The van der Waals surface area contributed by atoms with Crippen LogP contribution in [0.25, 0.3) is 0 Å². The van der Waals surface area contributed by atoms with Gasteiger partial charge in [-0.05, 0) is 43.7 Å². The number of anilines is 1. The number of carbonyl (C=O) groups excluding carboxylic acids is 1. The predicted octanol–water partition coefficient (Wildman–Crippen LogP) is 0.906. The van der Waals surface area contributed by atoms with E-state index in [0.717, 1.165) is 42.9 Å². The van der Waals surface area contributed by atoms with Gasteiger partial charge < -0.3 is 16.4 Å². The molecule has 6 heteroatoms. The maximum atomic E-state index is 11.4. The molecule has 5 nitrogen and oxygen atoms in total. The first kappa shape index (κ1) is 14.3. The summed E-state index contributed by atoms with van der Waals surface area (Å²) in [6.45, 7) is 1.38. The lowest BCUT2D eigenvalue weighted by Gasteiger charge is -2.24. The monoisotopic (exact) mass is 304 g/mol. The Balaban J connectivity index is 1.97. The molecular formula is C15H20N4OS. The molecule has 1 aliphatic carbocycles. The molecule has 1 fully saturated rings. The zero-order chi connectivity index (χ0) is 15.0. The van der Waals surface area contributed by atoms with Gasteiger partial charge in [-0.2, -0.15) is 0 Å². The van der Waals surface area contributed by atoms with Crippen LogP contribution in [0.5, 0.6) is 0 Å². The Bertz CT molecular complexity index is 602. The molecule has 21 heavy (non-hydrogen) atoms. The summed E-state index contributed by atoms with van der Waals surface area (Å²) in [7, 11) is 0. The Labute approximate surface area is 129 Å². The molecule has 0 aromatic carbocycles. The summed E-state index contributed by atoms with van der Waals surface area (Å²) < 4.78 is 0. The molecule has 0 bridgehead atoms. The summed E-state index contributed by atoms with van der Waals surface area (Å²) in [5, 5.41) is 0. The van der Waals surface area contributed by atoms with Crippen molar-refractivity contribution in [3.8, 4) is 0 Å². The van der Waals surface area contributed by atoms with Gasteiger partial charge in [-0.15, -0.1) is 0 Å². The van der Waals surface area contributed by atoms with E-state index in [4.69, 9.17) is 28.7 Å². The average Bonchev–Trinajstić information content (AvgIpc) is 2.95. The van der Waals surface area contributed by atoms with Crippen LogP contribution in [0.4, 0.5) is 5.82 Å². The van der Waals surface area contributed by atoms with E-state index in [2.05, 4.69) is 11.0 Å². The molecule has 0 saturated carbocycles. The Kier molecular flexibility index (Phi) is 3.80. The molecule has 0 spiro atoms. The molecule has 0 radical (unpaired) electrons. The van der Waals surface area contributed by atoms with Gasteiger partial charge in [-0.1, -0.05) is 12.2 Å². The molecule has 1 atom stereocenters. The third kappa shape index (κ3) is 2.72. The number of hydrogen-bond donors (Lipinski definition) is 2. The zero-order valence-corrected chi connectivity index (χ0v) is 12.8. The van der Waals surface area contributed by atoms with Crippen molar-refractivity contribution in [3.05, 3.63) is 22.9 Å². The highest BCUT2D eigenvalue weighted by Crippen LogP contribution is 2.30. The van der Waals surface area contributed by atoms with Crippen LogP contribution in [0, 0.1) is 5.92 Å². The maximum Gasteiger partial charge on any atom is 0.222 e. The fourth-order valence-corrected chi connectivity index (χ4v) is 3.38. The number of aromatic nitrogens is 1. The standard InChI is InChI=1S/C15H20N4OS/c16-13(20)10-5-6-19(8-10)15-11(14(17)21)7-9-3-1-2-4-12(9)18-15/h7,10H,1-6,8H2,(H2,16,20)(H2,17,21). The van der Waals surface area contributed by atoms with E-state index in [9.17, 15) is 4.79 Å². The summed E-state index contributed by atoms with van der Waals surface area (Å²) in [5.74, 6) is 0.473. The van der Waals surface area contributed by atoms with E-state index in [1.54, 1.807) is 0 Å². The van der Waals surface area contributed by atoms with E-state index in [1.165, 1.54) is 18.4 Å². The van der Waals surface area contributed by atoms with Gasteiger partial charge in [0.1, 0.15) is 10.8 Å².